The summed E-state index contributed by atoms with van der Waals surface area (Å²) in [5.74, 6) is 1.09. The topological polar surface area (TPSA) is 55.6 Å². The Kier molecular flexibility index (Phi) is 2.48. The monoisotopic (exact) mass is 271 g/mol. The largest absolute Gasteiger partial charge is 0.357 e. The molecule has 19 heavy (non-hydrogen) atoms. The van der Waals surface area contributed by atoms with Crippen LogP contribution in [0.2, 0.25) is 0 Å². The SMILES string of the molecule is c1ccc2sc(N[C@H]3CCc4ncnn4C3)nc2c1. The van der Waals surface area contributed by atoms with Crippen molar-refractivity contribution >= 4 is 26.7 Å². The predicted octanol–water partition coefficient (Wildman–Crippen LogP) is 2.31. The van der Waals surface area contributed by atoms with Crippen molar-refractivity contribution in [3.63, 3.8) is 0 Å². The van der Waals surface area contributed by atoms with Gasteiger partial charge in [0.15, 0.2) is 5.13 Å². The summed E-state index contributed by atoms with van der Waals surface area (Å²) in [5, 5.41) is 8.75. The average Bonchev–Trinajstić information content (AvgIpc) is 3.03. The molecule has 1 atom stereocenters. The summed E-state index contributed by atoms with van der Waals surface area (Å²) in [6.07, 6.45) is 3.69. The molecule has 0 radical (unpaired) electrons. The standard InChI is InChI=1S/C13H13N5S/c1-2-4-11-10(3-1)17-13(19-11)16-9-5-6-12-14-8-15-18(12)7-9/h1-4,8-9H,5-7H2,(H,16,17)/t9-/m0/s1. The lowest BCUT2D eigenvalue weighted by atomic mass is 10.1. The van der Waals surface area contributed by atoms with E-state index >= 15 is 0 Å². The number of nitrogens with one attached hydrogen (secondary N) is 1. The van der Waals surface area contributed by atoms with E-state index in [2.05, 4.69) is 26.4 Å². The number of rotatable bonds is 2. The van der Waals surface area contributed by atoms with Crippen LogP contribution in [0.25, 0.3) is 10.2 Å². The Morgan fingerprint density at radius 3 is 3.21 bits per heavy atom. The van der Waals surface area contributed by atoms with Gasteiger partial charge in [0.25, 0.3) is 0 Å². The van der Waals surface area contributed by atoms with E-state index in [4.69, 9.17) is 0 Å². The summed E-state index contributed by atoms with van der Waals surface area (Å²) in [7, 11) is 0. The van der Waals surface area contributed by atoms with Crippen LogP contribution < -0.4 is 5.32 Å². The quantitative estimate of drug-likeness (QED) is 0.777. The van der Waals surface area contributed by atoms with Gasteiger partial charge in [-0.3, -0.25) is 0 Å². The third-order valence-electron chi connectivity index (χ3n) is 3.43. The van der Waals surface area contributed by atoms with Gasteiger partial charge in [-0.1, -0.05) is 23.5 Å². The van der Waals surface area contributed by atoms with Crippen LogP contribution in [-0.4, -0.2) is 25.8 Å². The fourth-order valence-corrected chi connectivity index (χ4v) is 3.41. The highest BCUT2D eigenvalue weighted by atomic mass is 32.1. The molecule has 4 rings (SSSR count). The molecule has 1 aromatic carbocycles. The minimum atomic E-state index is 0.384. The van der Waals surface area contributed by atoms with Crippen LogP contribution in [0.4, 0.5) is 5.13 Å². The Morgan fingerprint density at radius 1 is 1.32 bits per heavy atom. The smallest absolute Gasteiger partial charge is 0.184 e. The maximum Gasteiger partial charge on any atom is 0.184 e. The van der Waals surface area contributed by atoms with Crippen LogP contribution in [0.3, 0.4) is 0 Å². The molecule has 0 aliphatic carbocycles. The first-order chi connectivity index (χ1) is 9.38. The van der Waals surface area contributed by atoms with E-state index in [0.717, 1.165) is 35.9 Å². The molecule has 0 amide bonds. The van der Waals surface area contributed by atoms with Crippen molar-refractivity contribution in [2.45, 2.75) is 25.4 Å². The zero-order valence-corrected chi connectivity index (χ0v) is 11.1. The Hall–Kier alpha value is -1.95. The summed E-state index contributed by atoms with van der Waals surface area (Å²) in [6, 6.07) is 8.61. The Bertz CT molecular complexity index is 683. The highest BCUT2D eigenvalue weighted by Gasteiger charge is 2.20. The number of aromatic nitrogens is 4. The summed E-state index contributed by atoms with van der Waals surface area (Å²) in [6.45, 7) is 0.866. The first kappa shape index (κ1) is 10.9. The van der Waals surface area contributed by atoms with E-state index in [0.29, 0.717) is 6.04 Å². The van der Waals surface area contributed by atoms with Gasteiger partial charge in [-0.25, -0.2) is 14.6 Å². The molecule has 0 saturated heterocycles. The molecule has 6 heteroatoms. The minimum Gasteiger partial charge on any atom is -0.357 e. The molecule has 3 aromatic rings. The molecule has 2 aromatic heterocycles. The molecule has 3 heterocycles. The van der Waals surface area contributed by atoms with E-state index in [-0.39, 0.29) is 0 Å². The Morgan fingerprint density at radius 2 is 2.26 bits per heavy atom. The fraction of sp³-hybridized carbons (Fsp3) is 0.308. The molecule has 0 fully saturated rings. The van der Waals surface area contributed by atoms with Crippen molar-refractivity contribution in [3.8, 4) is 0 Å². The molecule has 0 bridgehead atoms. The van der Waals surface area contributed by atoms with Gasteiger partial charge < -0.3 is 5.32 Å². The number of thiazole rings is 1. The van der Waals surface area contributed by atoms with Crippen molar-refractivity contribution in [2.75, 3.05) is 5.32 Å². The number of para-hydroxylation sites is 1. The van der Waals surface area contributed by atoms with E-state index in [1.54, 1.807) is 17.7 Å². The first-order valence-corrected chi connectivity index (χ1v) is 7.19. The van der Waals surface area contributed by atoms with E-state index < -0.39 is 0 Å². The van der Waals surface area contributed by atoms with Crippen molar-refractivity contribution in [1.29, 1.82) is 0 Å². The van der Waals surface area contributed by atoms with Gasteiger partial charge in [0.2, 0.25) is 0 Å². The maximum atomic E-state index is 4.61. The number of aryl methyl sites for hydroxylation is 1. The summed E-state index contributed by atoms with van der Waals surface area (Å²) in [5.41, 5.74) is 1.06. The molecule has 96 valence electrons. The van der Waals surface area contributed by atoms with Gasteiger partial charge in [0, 0.05) is 12.5 Å². The summed E-state index contributed by atoms with van der Waals surface area (Å²) >= 11 is 1.71. The van der Waals surface area contributed by atoms with Crippen LogP contribution in [-0.2, 0) is 13.0 Å². The summed E-state index contributed by atoms with van der Waals surface area (Å²) in [4.78, 5) is 8.86. The molecular weight excluding hydrogens is 258 g/mol. The van der Waals surface area contributed by atoms with Crippen molar-refractivity contribution in [1.82, 2.24) is 19.7 Å². The van der Waals surface area contributed by atoms with Crippen LogP contribution in [0, 0.1) is 0 Å². The third-order valence-corrected chi connectivity index (χ3v) is 4.39. The molecule has 0 spiro atoms. The Balaban J connectivity index is 1.55. The van der Waals surface area contributed by atoms with Crippen LogP contribution in [0.5, 0.6) is 0 Å². The normalized spacial score (nSPS) is 18.4. The van der Waals surface area contributed by atoms with Gasteiger partial charge in [-0.15, -0.1) is 0 Å². The molecule has 5 nitrogen and oxygen atoms in total. The molecule has 1 aliphatic rings. The minimum absolute atomic E-state index is 0.384. The fourth-order valence-electron chi connectivity index (χ4n) is 2.46. The molecule has 0 saturated carbocycles. The van der Waals surface area contributed by atoms with Crippen molar-refractivity contribution < 1.29 is 0 Å². The Labute approximate surface area is 114 Å². The lowest BCUT2D eigenvalue weighted by Crippen LogP contribution is -2.31. The highest BCUT2D eigenvalue weighted by Crippen LogP contribution is 2.27. The first-order valence-electron chi connectivity index (χ1n) is 6.37. The van der Waals surface area contributed by atoms with Gasteiger partial charge in [0.05, 0.1) is 16.8 Å². The second-order valence-corrected chi connectivity index (χ2v) is 5.76. The lowest BCUT2D eigenvalue weighted by molar-refractivity contribution is 0.441. The van der Waals surface area contributed by atoms with Gasteiger partial charge in [-0.2, -0.15) is 5.10 Å². The lowest BCUT2D eigenvalue weighted by Gasteiger charge is -2.23. The highest BCUT2D eigenvalue weighted by molar-refractivity contribution is 7.22. The molecule has 1 aliphatic heterocycles. The van der Waals surface area contributed by atoms with Crippen molar-refractivity contribution in [3.05, 3.63) is 36.4 Å². The van der Waals surface area contributed by atoms with Gasteiger partial charge in [-0.05, 0) is 18.6 Å². The zero-order valence-electron chi connectivity index (χ0n) is 10.3. The number of anilines is 1. The molecule has 1 N–H and O–H groups in total. The van der Waals surface area contributed by atoms with E-state index in [1.807, 2.05) is 22.9 Å². The van der Waals surface area contributed by atoms with Crippen LogP contribution in [0.15, 0.2) is 30.6 Å². The maximum absolute atomic E-state index is 4.61. The van der Waals surface area contributed by atoms with Crippen LogP contribution >= 0.6 is 11.3 Å². The summed E-state index contributed by atoms with van der Waals surface area (Å²) < 4.78 is 3.20. The number of benzene rings is 1. The van der Waals surface area contributed by atoms with Gasteiger partial charge >= 0.3 is 0 Å². The predicted molar refractivity (Wildman–Crippen MR) is 75.4 cm³/mol. The van der Waals surface area contributed by atoms with Crippen molar-refractivity contribution in [2.24, 2.45) is 0 Å². The molecular formula is C13H13N5S. The van der Waals surface area contributed by atoms with E-state index in [1.165, 1.54) is 4.70 Å². The molecule has 0 unspecified atom stereocenters. The number of fused-ring (bicyclic) bond motifs is 2. The van der Waals surface area contributed by atoms with Gasteiger partial charge in [0.1, 0.15) is 12.2 Å². The van der Waals surface area contributed by atoms with Crippen LogP contribution in [0.1, 0.15) is 12.2 Å². The van der Waals surface area contributed by atoms with E-state index in [9.17, 15) is 0 Å². The second-order valence-electron chi connectivity index (χ2n) is 4.73. The number of hydrogen-bond donors (Lipinski definition) is 1. The zero-order chi connectivity index (χ0) is 12.7. The second kappa shape index (κ2) is 4.31. The average molecular weight is 271 g/mol. The number of hydrogen-bond acceptors (Lipinski definition) is 5. The number of nitrogens with zero attached hydrogens (tertiary/aromatic N) is 4. The third kappa shape index (κ3) is 1.98.